The maximum atomic E-state index is 11.7. The molecule has 23 heavy (non-hydrogen) atoms. The molecule has 0 unspecified atom stereocenters. The number of carbonyl (C=O) groups is 4. The van der Waals surface area contributed by atoms with Crippen LogP contribution in [-0.2, 0) is 19.2 Å². The Morgan fingerprint density at radius 3 is 1.91 bits per heavy atom. The van der Waals surface area contributed by atoms with E-state index in [4.69, 9.17) is 27.4 Å². The van der Waals surface area contributed by atoms with E-state index in [1.807, 2.05) is 0 Å². The van der Waals surface area contributed by atoms with Gasteiger partial charge in [-0.25, -0.2) is 0 Å². The fraction of sp³-hybridized carbons (Fsp3) is 0.667. The van der Waals surface area contributed by atoms with Gasteiger partial charge in [-0.15, -0.1) is 0 Å². The van der Waals surface area contributed by atoms with Gasteiger partial charge < -0.3 is 37.6 Å². The zero-order chi connectivity index (χ0) is 18.3. The highest BCUT2D eigenvalue weighted by molar-refractivity contribution is 6.42. The summed E-state index contributed by atoms with van der Waals surface area (Å²) in [6.45, 7) is -0.909. The molecule has 0 spiro atoms. The Morgan fingerprint density at radius 1 is 0.957 bits per heavy atom. The highest BCUT2D eigenvalue weighted by Crippen LogP contribution is 2.06. The lowest BCUT2D eigenvalue weighted by Gasteiger charge is -2.25. The van der Waals surface area contributed by atoms with Crippen LogP contribution in [0.2, 0.25) is 0 Å². The first kappa shape index (κ1) is 21.2. The van der Waals surface area contributed by atoms with Crippen molar-refractivity contribution in [1.29, 1.82) is 0 Å². The number of carbonyl (C=O) groups excluding carboxylic acids is 4. The average Bonchev–Trinajstić information content (AvgIpc) is 2.50. The first-order chi connectivity index (χ1) is 10.5. The van der Waals surface area contributed by atoms with Gasteiger partial charge in [0.2, 0.25) is 17.5 Å². The second-order valence-electron chi connectivity index (χ2n) is 4.96. The van der Waals surface area contributed by atoms with Crippen molar-refractivity contribution in [1.82, 2.24) is 0 Å². The van der Waals surface area contributed by atoms with Gasteiger partial charge in [0.25, 0.3) is 0 Å². The molecular formula is C12H21N3O8. The number of hydrogen-bond acceptors (Lipinski definition) is 10. The van der Waals surface area contributed by atoms with E-state index in [0.29, 0.717) is 0 Å². The summed E-state index contributed by atoms with van der Waals surface area (Å²) in [6, 6.07) is -3.27. The second kappa shape index (κ2) is 9.39. The van der Waals surface area contributed by atoms with Crippen molar-refractivity contribution < 1.29 is 39.6 Å². The van der Waals surface area contributed by atoms with Crippen LogP contribution < -0.4 is 17.2 Å². The average molecular weight is 335 g/mol. The summed E-state index contributed by atoms with van der Waals surface area (Å²) in [6.07, 6.45) is -7.24. The van der Waals surface area contributed by atoms with Crippen LogP contribution in [0.4, 0.5) is 0 Å². The molecule has 0 aliphatic rings. The Labute approximate surface area is 131 Å². The number of hydrogen-bond donors (Lipinski definition) is 7. The molecule has 0 aliphatic carbocycles. The third-order valence-electron chi connectivity index (χ3n) is 3.05. The third kappa shape index (κ3) is 6.48. The number of aliphatic hydroxyl groups excluding tert-OH is 4. The standard InChI is InChI=1S/C12H21N3O8/c13-4(1-8(14)20)5(17)2-6(18)10(21)9(15)12(23)11(22)7(19)3-16/h4,7,9,11-12,16,19,22-23H,1-3,13,15H2,(H2,14,20)/t4-,7+,9-,11+,12+/m0/s1. The molecule has 0 fully saturated rings. The summed E-state index contributed by atoms with van der Waals surface area (Å²) >= 11 is 0. The minimum Gasteiger partial charge on any atom is -0.394 e. The lowest BCUT2D eigenvalue weighted by molar-refractivity contribution is -0.143. The minimum absolute atomic E-state index is 0.504. The summed E-state index contributed by atoms with van der Waals surface area (Å²) in [5.41, 5.74) is 15.4. The lowest BCUT2D eigenvalue weighted by atomic mass is 9.94. The molecular weight excluding hydrogens is 314 g/mol. The van der Waals surface area contributed by atoms with Crippen molar-refractivity contribution in [2.45, 2.75) is 43.2 Å². The molecule has 0 saturated heterocycles. The highest BCUT2D eigenvalue weighted by Gasteiger charge is 2.36. The minimum atomic E-state index is -2.04. The Morgan fingerprint density at radius 2 is 1.48 bits per heavy atom. The Balaban J connectivity index is 4.73. The molecule has 0 aromatic rings. The summed E-state index contributed by atoms with van der Waals surface area (Å²) in [5, 5.41) is 36.8. The van der Waals surface area contributed by atoms with E-state index < -0.39 is 73.1 Å². The number of aliphatic hydroxyl groups is 4. The van der Waals surface area contributed by atoms with Gasteiger partial charge in [0.1, 0.15) is 24.4 Å². The lowest BCUT2D eigenvalue weighted by Crippen LogP contribution is -2.54. The van der Waals surface area contributed by atoms with Crippen molar-refractivity contribution in [3.8, 4) is 0 Å². The molecule has 0 aromatic heterocycles. The van der Waals surface area contributed by atoms with Gasteiger partial charge >= 0.3 is 0 Å². The molecule has 5 atom stereocenters. The zero-order valence-corrected chi connectivity index (χ0v) is 12.2. The molecule has 0 rings (SSSR count). The van der Waals surface area contributed by atoms with Crippen LogP contribution in [0.1, 0.15) is 12.8 Å². The first-order valence-electron chi connectivity index (χ1n) is 6.57. The molecule has 0 saturated carbocycles. The summed E-state index contributed by atoms with van der Waals surface area (Å²) in [5.74, 6) is -4.44. The van der Waals surface area contributed by atoms with Crippen molar-refractivity contribution in [2.75, 3.05) is 6.61 Å². The monoisotopic (exact) mass is 335 g/mol. The molecule has 1 amide bonds. The summed E-state index contributed by atoms with van der Waals surface area (Å²) < 4.78 is 0. The fourth-order valence-electron chi connectivity index (χ4n) is 1.60. The Hall–Kier alpha value is -1.76. The number of Topliss-reactive ketones (excluding diaryl/α,β-unsaturated/α-hetero) is 3. The molecule has 0 radical (unpaired) electrons. The van der Waals surface area contributed by atoms with Crippen molar-refractivity contribution in [2.24, 2.45) is 17.2 Å². The molecule has 132 valence electrons. The van der Waals surface area contributed by atoms with E-state index in [0.717, 1.165) is 0 Å². The normalized spacial score (nSPS) is 17.7. The van der Waals surface area contributed by atoms with Gasteiger partial charge in [0.15, 0.2) is 5.78 Å². The van der Waals surface area contributed by atoms with Crippen LogP contribution in [0.3, 0.4) is 0 Å². The number of primary amides is 1. The van der Waals surface area contributed by atoms with Gasteiger partial charge in [-0.2, -0.15) is 0 Å². The molecule has 11 nitrogen and oxygen atoms in total. The zero-order valence-electron chi connectivity index (χ0n) is 12.2. The van der Waals surface area contributed by atoms with Crippen LogP contribution in [0.25, 0.3) is 0 Å². The Bertz CT molecular complexity index is 469. The first-order valence-corrected chi connectivity index (χ1v) is 6.57. The van der Waals surface area contributed by atoms with Crippen LogP contribution in [-0.4, -0.2) is 80.7 Å². The van der Waals surface area contributed by atoms with Gasteiger partial charge in [0.05, 0.1) is 19.1 Å². The topological polar surface area (TPSA) is 227 Å². The quantitative estimate of drug-likeness (QED) is 0.140. The van der Waals surface area contributed by atoms with E-state index in [1.54, 1.807) is 0 Å². The number of rotatable bonds is 11. The number of ketones is 3. The molecule has 0 heterocycles. The van der Waals surface area contributed by atoms with Gasteiger partial charge in [-0.1, -0.05) is 0 Å². The second-order valence-corrected chi connectivity index (χ2v) is 4.96. The maximum absolute atomic E-state index is 11.7. The summed E-state index contributed by atoms with van der Waals surface area (Å²) in [7, 11) is 0. The summed E-state index contributed by atoms with van der Waals surface area (Å²) in [4.78, 5) is 45.5. The predicted molar refractivity (Wildman–Crippen MR) is 74.5 cm³/mol. The van der Waals surface area contributed by atoms with Crippen LogP contribution in [0, 0.1) is 0 Å². The van der Waals surface area contributed by atoms with Gasteiger partial charge in [-0.05, 0) is 0 Å². The van der Waals surface area contributed by atoms with Crippen molar-refractivity contribution in [3.63, 3.8) is 0 Å². The molecule has 0 aliphatic heterocycles. The molecule has 11 heteroatoms. The van der Waals surface area contributed by atoms with Crippen LogP contribution in [0.15, 0.2) is 0 Å². The number of nitrogens with two attached hydrogens (primary N) is 3. The van der Waals surface area contributed by atoms with Crippen molar-refractivity contribution in [3.05, 3.63) is 0 Å². The maximum Gasteiger partial charge on any atom is 0.219 e. The van der Waals surface area contributed by atoms with E-state index in [9.17, 15) is 29.4 Å². The van der Waals surface area contributed by atoms with E-state index in [1.165, 1.54) is 0 Å². The Kier molecular flexibility index (Phi) is 8.68. The number of amides is 1. The van der Waals surface area contributed by atoms with Gasteiger partial charge in [-0.3, -0.25) is 19.2 Å². The molecule has 0 bridgehead atoms. The largest absolute Gasteiger partial charge is 0.394 e. The van der Waals surface area contributed by atoms with Crippen LogP contribution >= 0.6 is 0 Å². The van der Waals surface area contributed by atoms with Crippen LogP contribution in [0.5, 0.6) is 0 Å². The third-order valence-corrected chi connectivity index (χ3v) is 3.05. The smallest absolute Gasteiger partial charge is 0.219 e. The van der Waals surface area contributed by atoms with E-state index >= 15 is 0 Å². The predicted octanol–water partition coefficient (Wildman–Crippen LogP) is -5.31. The van der Waals surface area contributed by atoms with E-state index in [-0.39, 0.29) is 0 Å². The van der Waals surface area contributed by atoms with Gasteiger partial charge in [0, 0.05) is 6.42 Å². The molecule has 0 aromatic carbocycles. The SMILES string of the molecule is NC(=O)C[C@H](N)C(=O)CC(=O)C(=O)[C@H](N)[C@@H](O)[C@H](O)[C@H](O)CO. The van der Waals surface area contributed by atoms with Crippen molar-refractivity contribution >= 4 is 23.3 Å². The van der Waals surface area contributed by atoms with E-state index in [2.05, 4.69) is 0 Å². The molecule has 10 N–H and O–H groups in total. The highest BCUT2D eigenvalue weighted by atomic mass is 16.4. The fourth-order valence-corrected chi connectivity index (χ4v) is 1.60.